The van der Waals surface area contributed by atoms with Crippen LogP contribution in [0, 0.1) is 5.92 Å². The molecule has 3 heterocycles. The lowest BCUT2D eigenvalue weighted by molar-refractivity contribution is -0.115. The van der Waals surface area contributed by atoms with E-state index >= 15 is 0 Å². The number of likely N-dealkylation sites (tertiary alicyclic amines) is 1. The van der Waals surface area contributed by atoms with Crippen molar-refractivity contribution in [3.8, 4) is 0 Å². The van der Waals surface area contributed by atoms with E-state index in [-0.39, 0.29) is 5.91 Å². The Hall–Kier alpha value is -2.14. The van der Waals surface area contributed by atoms with Gasteiger partial charge in [0.1, 0.15) is 5.70 Å². The first kappa shape index (κ1) is 14.5. The zero-order valence-corrected chi connectivity index (χ0v) is 13.9. The summed E-state index contributed by atoms with van der Waals surface area (Å²) in [7, 11) is 0. The van der Waals surface area contributed by atoms with Crippen LogP contribution in [0.2, 0.25) is 0 Å². The van der Waals surface area contributed by atoms with Crippen molar-refractivity contribution in [3.05, 3.63) is 40.9 Å². The van der Waals surface area contributed by atoms with Crippen molar-refractivity contribution in [2.75, 3.05) is 13.1 Å². The van der Waals surface area contributed by atoms with Crippen LogP contribution >= 0.6 is 11.3 Å². The molecule has 1 N–H and O–H groups in total. The predicted octanol–water partition coefficient (Wildman–Crippen LogP) is 3.46. The number of hydrogen-bond donors (Lipinski definition) is 1. The van der Waals surface area contributed by atoms with Crippen LogP contribution in [0.5, 0.6) is 0 Å². The number of carbonyl (C=O) groups is 1. The van der Waals surface area contributed by atoms with Crippen LogP contribution in [0.25, 0.3) is 16.2 Å². The Kier molecular flexibility index (Phi) is 3.65. The van der Waals surface area contributed by atoms with Crippen molar-refractivity contribution in [3.63, 3.8) is 0 Å². The number of nitrogens with one attached hydrogen (secondary N) is 1. The summed E-state index contributed by atoms with van der Waals surface area (Å²) in [5.74, 6) is 1.26. The third kappa shape index (κ3) is 2.77. The molecule has 1 saturated heterocycles. The third-order valence-corrected chi connectivity index (χ3v) is 5.43. The maximum atomic E-state index is 12.3. The lowest BCUT2D eigenvalue weighted by atomic mass is 10.0. The number of thiophene rings is 1. The van der Waals surface area contributed by atoms with Gasteiger partial charge in [0.2, 0.25) is 5.96 Å². The quantitative estimate of drug-likeness (QED) is 0.816. The second-order valence-corrected chi connectivity index (χ2v) is 7.21. The molecule has 4 nitrogen and oxygen atoms in total. The summed E-state index contributed by atoms with van der Waals surface area (Å²) < 4.78 is 1.23. The lowest BCUT2D eigenvalue weighted by Crippen LogP contribution is -2.45. The van der Waals surface area contributed by atoms with Gasteiger partial charge < -0.3 is 4.90 Å². The maximum Gasteiger partial charge on any atom is 0.276 e. The van der Waals surface area contributed by atoms with E-state index in [1.54, 1.807) is 11.3 Å². The van der Waals surface area contributed by atoms with Crippen LogP contribution in [0.1, 0.15) is 25.3 Å². The van der Waals surface area contributed by atoms with E-state index in [9.17, 15) is 4.79 Å². The highest BCUT2D eigenvalue weighted by Gasteiger charge is 2.27. The standard InChI is InChI=1S/C18H19N3OS/c1-12-5-4-8-21(10-12)18-19-15(17(22)20-18)9-13-11-23-16-7-3-2-6-14(13)16/h2-3,6-7,9,11-12H,4-5,8,10H2,1H3,(H,19,20,22)/b15-9-/t12-/m1/s1. The van der Waals surface area contributed by atoms with E-state index in [2.05, 4.69) is 39.6 Å². The van der Waals surface area contributed by atoms with E-state index in [1.807, 2.05) is 18.2 Å². The number of aliphatic imine (C=N–C) groups is 1. The Morgan fingerprint density at radius 2 is 2.26 bits per heavy atom. The number of rotatable bonds is 1. The van der Waals surface area contributed by atoms with Gasteiger partial charge in [-0.25, -0.2) is 4.99 Å². The molecule has 0 aliphatic carbocycles. The SMILES string of the molecule is C[C@@H]1CCCN(C2=N/C(=C\c3csc4ccccc34)C(=O)N2)C1. The number of carbonyl (C=O) groups excluding carboxylic acids is 1. The second-order valence-electron chi connectivity index (χ2n) is 6.30. The predicted molar refractivity (Wildman–Crippen MR) is 95.4 cm³/mol. The smallest absolute Gasteiger partial charge is 0.276 e. The summed E-state index contributed by atoms with van der Waals surface area (Å²) in [5, 5.41) is 6.19. The van der Waals surface area contributed by atoms with E-state index in [4.69, 9.17) is 0 Å². The van der Waals surface area contributed by atoms with Crippen molar-refractivity contribution in [2.45, 2.75) is 19.8 Å². The van der Waals surface area contributed by atoms with E-state index in [1.165, 1.54) is 16.5 Å². The zero-order chi connectivity index (χ0) is 15.8. The number of hydrogen-bond acceptors (Lipinski definition) is 4. The molecule has 4 rings (SSSR count). The number of piperidine rings is 1. The minimum Gasteiger partial charge on any atom is -0.342 e. The van der Waals surface area contributed by atoms with Gasteiger partial charge in [0.05, 0.1) is 0 Å². The molecule has 0 radical (unpaired) electrons. The molecule has 1 aromatic carbocycles. The van der Waals surface area contributed by atoms with Gasteiger partial charge in [-0.05, 0) is 47.2 Å². The van der Waals surface area contributed by atoms with Crippen LogP contribution in [-0.2, 0) is 4.79 Å². The molecule has 2 aliphatic heterocycles. The Bertz CT molecular complexity index is 821. The molecular formula is C18H19N3OS. The average molecular weight is 325 g/mol. The highest BCUT2D eigenvalue weighted by Crippen LogP contribution is 2.28. The first-order chi connectivity index (χ1) is 11.2. The van der Waals surface area contributed by atoms with E-state index in [0.717, 1.165) is 25.1 Å². The Balaban J connectivity index is 1.64. The molecule has 1 amide bonds. The largest absolute Gasteiger partial charge is 0.342 e. The molecule has 2 aliphatic rings. The van der Waals surface area contributed by atoms with Crippen LogP contribution in [-0.4, -0.2) is 29.9 Å². The van der Waals surface area contributed by atoms with Gasteiger partial charge in [-0.1, -0.05) is 25.1 Å². The number of fused-ring (bicyclic) bond motifs is 1. The number of guanidine groups is 1. The normalized spacial score (nSPS) is 23.4. The molecule has 1 fully saturated rings. The molecule has 5 heteroatoms. The molecule has 23 heavy (non-hydrogen) atoms. The van der Waals surface area contributed by atoms with Crippen molar-refractivity contribution in [1.82, 2.24) is 10.2 Å². The van der Waals surface area contributed by atoms with Crippen molar-refractivity contribution in [2.24, 2.45) is 10.9 Å². The van der Waals surface area contributed by atoms with Crippen LogP contribution in [0.15, 0.2) is 40.3 Å². The van der Waals surface area contributed by atoms with Gasteiger partial charge in [-0.15, -0.1) is 11.3 Å². The first-order valence-corrected chi connectivity index (χ1v) is 8.91. The fraction of sp³-hybridized carbons (Fsp3) is 0.333. The molecule has 0 saturated carbocycles. The van der Waals surface area contributed by atoms with Gasteiger partial charge in [-0.2, -0.15) is 0 Å². The van der Waals surface area contributed by atoms with Gasteiger partial charge in [0.25, 0.3) is 5.91 Å². The molecule has 1 aromatic heterocycles. The van der Waals surface area contributed by atoms with Crippen LogP contribution in [0.4, 0.5) is 0 Å². The number of amides is 1. The van der Waals surface area contributed by atoms with Crippen LogP contribution in [0.3, 0.4) is 0 Å². The Morgan fingerprint density at radius 3 is 3.13 bits per heavy atom. The Morgan fingerprint density at radius 1 is 1.39 bits per heavy atom. The maximum absolute atomic E-state index is 12.3. The van der Waals surface area contributed by atoms with Crippen molar-refractivity contribution >= 4 is 39.4 Å². The highest BCUT2D eigenvalue weighted by atomic mass is 32.1. The minimum atomic E-state index is -0.103. The summed E-state index contributed by atoms with van der Waals surface area (Å²) in [4.78, 5) is 19.0. The first-order valence-electron chi connectivity index (χ1n) is 8.03. The summed E-state index contributed by atoms with van der Waals surface area (Å²) in [6.45, 7) is 4.18. The number of nitrogens with zero attached hydrogens (tertiary/aromatic N) is 2. The lowest BCUT2D eigenvalue weighted by Gasteiger charge is -2.31. The van der Waals surface area contributed by atoms with Gasteiger partial charge in [0.15, 0.2) is 0 Å². The summed E-state index contributed by atoms with van der Waals surface area (Å²) in [5.41, 5.74) is 1.56. The van der Waals surface area contributed by atoms with Crippen molar-refractivity contribution < 1.29 is 4.79 Å². The summed E-state index contributed by atoms with van der Waals surface area (Å²) in [6, 6.07) is 8.24. The molecule has 2 aromatic rings. The average Bonchev–Trinajstić information content (AvgIpc) is 3.13. The van der Waals surface area contributed by atoms with E-state index in [0.29, 0.717) is 17.6 Å². The van der Waals surface area contributed by atoms with Gasteiger partial charge >= 0.3 is 0 Å². The highest BCUT2D eigenvalue weighted by molar-refractivity contribution is 7.17. The fourth-order valence-electron chi connectivity index (χ4n) is 3.25. The summed E-state index contributed by atoms with van der Waals surface area (Å²) in [6.07, 6.45) is 4.31. The molecule has 0 bridgehead atoms. The molecule has 1 atom stereocenters. The Labute approximate surface area is 139 Å². The minimum absolute atomic E-state index is 0.103. The second kappa shape index (κ2) is 5.81. The topological polar surface area (TPSA) is 44.7 Å². The van der Waals surface area contributed by atoms with Gasteiger partial charge in [-0.3, -0.25) is 10.1 Å². The molecule has 0 spiro atoms. The van der Waals surface area contributed by atoms with Gasteiger partial charge in [0, 0.05) is 17.8 Å². The number of benzene rings is 1. The van der Waals surface area contributed by atoms with Crippen LogP contribution < -0.4 is 5.32 Å². The molecular weight excluding hydrogens is 306 g/mol. The van der Waals surface area contributed by atoms with E-state index < -0.39 is 0 Å². The third-order valence-electron chi connectivity index (χ3n) is 4.44. The monoisotopic (exact) mass is 325 g/mol. The summed E-state index contributed by atoms with van der Waals surface area (Å²) >= 11 is 1.69. The fourth-order valence-corrected chi connectivity index (χ4v) is 4.16. The van der Waals surface area contributed by atoms with Crippen molar-refractivity contribution in [1.29, 1.82) is 0 Å². The molecule has 118 valence electrons. The molecule has 0 unspecified atom stereocenters. The zero-order valence-electron chi connectivity index (χ0n) is 13.1.